The Balaban J connectivity index is 2.15. The molecule has 1 saturated heterocycles. The maximum atomic E-state index is 13.7. The van der Waals surface area contributed by atoms with Crippen LogP contribution in [0.15, 0.2) is 28.7 Å². The molecule has 1 atom stereocenters. The van der Waals surface area contributed by atoms with Gasteiger partial charge in [-0.3, -0.25) is 9.69 Å². The zero-order valence-corrected chi connectivity index (χ0v) is 17.2. The minimum absolute atomic E-state index is 0.00580. The van der Waals surface area contributed by atoms with Crippen LogP contribution in [0.25, 0.3) is 0 Å². The number of nitrogens with zero attached hydrogens (tertiary/aromatic N) is 2. The van der Waals surface area contributed by atoms with Crippen LogP contribution in [0, 0.1) is 5.92 Å². The molecule has 1 aromatic rings. The largest absolute Gasteiger partial charge is 0.413 e. The minimum atomic E-state index is -4.52. The van der Waals surface area contributed by atoms with Gasteiger partial charge < -0.3 is 4.90 Å². The van der Waals surface area contributed by atoms with Crippen LogP contribution in [0.3, 0.4) is 0 Å². The van der Waals surface area contributed by atoms with E-state index >= 15 is 0 Å². The van der Waals surface area contributed by atoms with E-state index in [-0.39, 0.29) is 17.0 Å². The molecule has 0 bridgehead atoms. The summed E-state index contributed by atoms with van der Waals surface area (Å²) in [7, 11) is 1.26. The van der Waals surface area contributed by atoms with E-state index in [4.69, 9.17) is 0 Å². The molecule has 0 saturated carbocycles. The van der Waals surface area contributed by atoms with Gasteiger partial charge in [0.15, 0.2) is 6.04 Å². The Morgan fingerprint density at radius 1 is 1.15 bits per heavy atom. The molecule has 1 heterocycles. The molecule has 0 unspecified atom stereocenters. The fraction of sp³-hybridized carbons (Fsp3) is 0.632. The molecule has 1 aromatic carbocycles. The highest BCUT2D eigenvalue weighted by molar-refractivity contribution is 9.10. The van der Waals surface area contributed by atoms with Crippen molar-refractivity contribution in [2.45, 2.75) is 51.4 Å². The number of halogens is 4. The lowest BCUT2D eigenvalue weighted by Crippen LogP contribution is -2.49. The number of hydrogen-bond acceptors (Lipinski definition) is 2. The Hall–Kier alpha value is -1.08. The van der Waals surface area contributed by atoms with Gasteiger partial charge in [-0.25, -0.2) is 0 Å². The molecule has 2 rings (SSSR count). The summed E-state index contributed by atoms with van der Waals surface area (Å²) in [6.07, 6.45) is -3.35. The van der Waals surface area contributed by atoms with Crippen molar-refractivity contribution >= 4 is 21.8 Å². The van der Waals surface area contributed by atoms with Crippen LogP contribution < -0.4 is 0 Å². The first-order chi connectivity index (χ1) is 11.9. The summed E-state index contributed by atoms with van der Waals surface area (Å²) < 4.78 is 41.8. The van der Waals surface area contributed by atoms with Gasteiger partial charge in [-0.2, -0.15) is 13.2 Å². The van der Waals surface area contributed by atoms with Gasteiger partial charge in [0.1, 0.15) is 0 Å². The SMILES string of the molecule is CN(C(=O)C1CCN(C(C)(C)C)CC1)[C@@H](c1ccc(Br)cc1)C(F)(F)F. The van der Waals surface area contributed by atoms with E-state index in [2.05, 4.69) is 41.6 Å². The second kappa shape index (κ2) is 7.89. The van der Waals surface area contributed by atoms with Gasteiger partial charge in [0.2, 0.25) is 5.91 Å². The van der Waals surface area contributed by atoms with Gasteiger partial charge in [0.05, 0.1) is 0 Å². The highest BCUT2D eigenvalue weighted by Gasteiger charge is 2.46. The van der Waals surface area contributed by atoms with Crippen LogP contribution in [0.1, 0.15) is 45.2 Å². The van der Waals surface area contributed by atoms with Crippen molar-refractivity contribution in [2.24, 2.45) is 5.92 Å². The lowest BCUT2D eigenvalue weighted by atomic mass is 9.91. The Bertz CT molecular complexity index is 617. The van der Waals surface area contributed by atoms with Crippen LogP contribution in [-0.2, 0) is 4.79 Å². The third-order valence-electron chi connectivity index (χ3n) is 5.02. The van der Waals surface area contributed by atoms with Gasteiger partial charge in [0.25, 0.3) is 0 Å². The fourth-order valence-electron chi connectivity index (χ4n) is 3.49. The Kier molecular flexibility index (Phi) is 6.44. The monoisotopic (exact) mass is 434 g/mol. The van der Waals surface area contributed by atoms with Gasteiger partial charge in [0, 0.05) is 23.0 Å². The summed E-state index contributed by atoms with van der Waals surface area (Å²) in [4.78, 5) is 15.9. The van der Waals surface area contributed by atoms with E-state index in [1.807, 2.05) is 0 Å². The molecule has 1 fully saturated rings. The summed E-state index contributed by atoms with van der Waals surface area (Å²) in [5.74, 6) is -0.789. The maximum absolute atomic E-state index is 13.7. The molecule has 0 N–H and O–H groups in total. The van der Waals surface area contributed by atoms with Crippen molar-refractivity contribution in [1.29, 1.82) is 0 Å². The van der Waals surface area contributed by atoms with Crippen molar-refractivity contribution in [3.05, 3.63) is 34.3 Å². The summed E-state index contributed by atoms with van der Waals surface area (Å²) in [5.41, 5.74) is 0.0787. The number of alkyl halides is 3. The molecule has 0 aromatic heterocycles. The third-order valence-corrected chi connectivity index (χ3v) is 5.55. The Morgan fingerprint density at radius 3 is 2.08 bits per heavy atom. The fourth-order valence-corrected chi connectivity index (χ4v) is 3.75. The van der Waals surface area contributed by atoms with Crippen molar-refractivity contribution < 1.29 is 18.0 Å². The number of carbonyl (C=O) groups excluding carboxylic acids is 1. The highest BCUT2D eigenvalue weighted by Crippen LogP contribution is 2.39. The maximum Gasteiger partial charge on any atom is 0.413 e. The number of carbonyl (C=O) groups is 1. The zero-order valence-electron chi connectivity index (χ0n) is 15.6. The van der Waals surface area contributed by atoms with Gasteiger partial charge >= 0.3 is 6.18 Å². The Labute approximate surface area is 161 Å². The van der Waals surface area contributed by atoms with Crippen molar-refractivity contribution in [3.8, 4) is 0 Å². The normalized spacial score (nSPS) is 18.6. The average molecular weight is 435 g/mol. The number of benzene rings is 1. The summed E-state index contributed by atoms with van der Waals surface area (Å²) in [6.45, 7) is 7.77. The molecule has 1 aliphatic rings. The third kappa shape index (κ3) is 5.00. The van der Waals surface area contributed by atoms with Crippen molar-refractivity contribution in [3.63, 3.8) is 0 Å². The predicted molar refractivity (Wildman–Crippen MR) is 99.8 cm³/mol. The highest BCUT2D eigenvalue weighted by atomic mass is 79.9. The van der Waals surface area contributed by atoms with E-state index in [0.29, 0.717) is 17.3 Å². The van der Waals surface area contributed by atoms with Crippen molar-refractivity contribution in [2.75, 3.05) is 20.1 Å². The molecular formula is C19H26BrF3N2O. The topological polar surface area (TPSA) is 23.6 Å². The average Bonchev–Trinajstić information content (AvgIpc) is 2.54. The first kappa shape index (κ1) is 21.2. The van der Waals surface area contributed by atoms with Crippen LogP contribution in [0.4, 0.5) is 13.2 Å². The lowest BCUT2D eigenvalue weighted by molar-refractivity contribution is -0.191. The number of hydrogen-bond donors (Lipinski definition) is 0. The molecule has 146 valence electrons. The molecule has 7 heteroatoms. The molecule has 26 heavy (non-hydrogen) atoms. The van der Waals surface area contributed by atoms with Gasteiger partial charge in [-0.15, -0.1) is 0 Å². The quantitative estimate of drug-likeness (QED) is 0.666. The number of rotatable bonds is 3. The van der Waals surface area contributed by atoms with Crippen molar-refractivity contribution in [1.82, 2.24) is 9.80 Å². The van der Waals surface area contributed by atoms with E-state index in [1.54, 1.807) is 12.1 Å². The number of amides is 1. The molecule has 0 radical (unpaired) electrons. The van der Waals surface area contributed by atoms with E-state index < -0.39 is 18.1 Å². The smallest absolute Gasteiger partial charge is 0.330 e. The molecular weight excluding hydrogens is 409 g/mol. The second-order valence-corrected chi connectivity index (χ2v) is 8.79. The number of piperidine rings is 1. The summed E-state index contributed by atoms with van der Waals surface area (Å²) >= 11 is 3.23. The van der Waals surface area contributed by atoms with Gasteiger partial charge in [-0.1, -0.05) is 28.1 Å². The summed E-state index contributed by atoms with van der Waals surface area (Å²) in [5, 5.41) is 0. The molecule has 0 aliphatic carbocycles. The lowest BCUT2D eigenvalue weighted by Gasteiger charge is -2.42. The molecule has 3 nitrogen and oxygen atoms in total. The van der Waals surface area contributed by atoms with Crippen LogP contribution in [0.5, 0.6) is 0 Å². The van der Waals surface area contributed by atoms with E-state index in [0.717, 1.165) is 18.0 Å². The zero-order chi connectivity index (χ0) is 19.7. The van der Waals surface area contributed by atoms with E-state index in [1.165, 1.54) is 19.2 Å². The predicted octanol–water partition coefficient (Wildman–Crippen LogP) is 5.02. The Morgan fingerprint density at radius 2 is 1.65 bits per heavy atom. The van der Waals surface area contributed by atoms with E-state index in [9.17, 15) is 18.0 Å². The molecule has 0 spiro atoms. The second-order valence-electron chi connectivity index (χ2n) is 7.88. The standard InChI is InChI=1S/C19H26BrF3N2O/c1-18(2,3)25-11-9-14(10-12-25)17(26)24(4)16(19(21,22)23)13-5-7-15(20)8-6-13/h5-8,14,16H,9-12H2,1-4H3/t16-/m0/s1. The molecule has 1 aliphatic heterocycles. The van der Waals surface area contributed by atoms with Crippen LogP contribution in [-0.4, -0.2) is 47.6 Å². The first-order valence-corrected chi connectivity index (χ1v) is 9.54. The number of likely N-dealkylation sites (tertiary alicyclic amines) is 1. The van der Waals surface area contributed by atoms with Crippen LogP contribution in [0.2, 0.25) is 0 Å². The van der Waals surface area contributed by atoms with Crippen LogP contribution >= 0.6 is 15.9 Å². The molecule has 1 amide bonds. The minimum Gasteiger partial charge on any atom is -0.330 e. The first-order valence-electron chi connectivity index (χ1n) is 8.75. The van der Waals surface area contributed by atoms with Gasteiger partial charge in [-0.05, 0) is 64.4 Å². The summed E-state index contributed by atoms with van der Waals surface area (Å²) in [6, 6.07) is 4.02.